The van der Waals surface area contributed by atoms with Crippen molar-refractivity contribution in [2.24, 2.45) is 7.05 Å². The van der Waals surface area contributed by atoms with E-state index in [4.69, 9.17) is 0 Å². The molecule has 112 valence electrons. The van der Waals surface area contributed by atoms with Gasteiger partial charge < -0.3 is 9.88 Å². The molecule has 6 nitrogen and oxygen atoms in total. The Morgan fingerprint density at radius 2 is 2.27 bits per heavy atom. The predicted octanol–water partition coefficient (Wildman–Crippen LogP) is 1.80. The molecule has 1 aromatic carbocycles. The van der Waals surface area contributed by atoms with E-state index in [2.05, 4.69) is 20.5 Å². The molecule has 2 aromatic heterocycles. The molecular formula is C15H15N5OS. The summed E-state index contributed by atoms with van der Waals surface area (Å²) in [5, 5.41) is 11.4. The number of hydrogen-bond acceptors (Lipinski definition) is 5. The second-order valence-electron chi connectivity index (χ2n) is 4.75. The van der Waals surface area contributed by atoms with Gasteiger partial charge in [-0.1, -0.05) is 12.1 Å². The molecule has 3 rings (SSSR count). The second kappa shape index (κ2) is 6.48. The van der Waals surface area contributed by atoms with Crippen LogP contribution in [0.2, 0.25) is 0 Å². The summed E-state index contributed by atoms with van der Waals surface area (Å²) in [6.07, 6.45) is 5.54. The van der Waals surface area contributed by atoms with E-state index in [9.17, 15) is 4.79 Å². The molecule has 0 aliphatic heterocycles. The number of thiazole rings is 1. The first-order valence-corrected chi connectivity index (χ1v) is 7.68. The van der Waals surface area contributed by atoms with Gasteiger partial charge in [0.15, 0.2) is 0 Å². The van der Waals surface area contributed by atoms with E-state index in [-0.39, 0.29) is 5.91 Å². The molecule has 0 spiro atoms. The normalized spacial score (nSPS) is 11.3. The van der Waals surface area contributed by atoms with Gasteiger partial charge in [0.05, 0.1) is 10.2 Å². The number of hydrogen-bond donors (Lipinski definition) is 1. The molecule has 0 fully saturated rings. The minimum absolute atomic E-state index is 0.138. The topological polar surface area (TPSA) is 72.7 Å². The summed E-state index contributed by atoms with van der Waals surface area (Å²) in [4.78, 5) is 16.2. The summed E-state index contributed by atoms with van der Waals surface area (Å²) in [6, 6.07) is 7.91. The molecule has 7 heteroatoms. The van der Waals surface area contributed by atoms with Gasteiger partial charge in [0.25, 0.3) is 0 Å². The van der Waals surface area contributed by atoms with Crippen LogP contribution in [0.15, 0.2) is 36.7 Å². The molecule has 0 bridgehead atoms. The molecule has 0 atom stereocenters. The van der Waals surface area contributed by atoms with Crippen LogP contribution in [0.1, 0.15) is 10.8 Å². The van der Waals surface area contributed by atoms with E-state index in [1.807, 2.05) is 35.9 Å². The molecule has 0 unspecified atom stereocenters. The van der Waals surface area contributed by atoms with Gasteiger partial charge >= 0.3 is 0 Å². The number of rotatable bonds is 5. The van der Waals surface area contributed by atoms with Crippen molar-refractivity contribution < 1.29 is 4.79 Å². The maximum Gasteiger partial charge on any atom is 0.244 e. The summed E-state index contributed by atoms with van der Waals surface area (Å²) >= 11 is 1.56. The van der Waals surface area contributed by atoms with E-state index < -0.39 is 0 Å². The summed E-state index contributed by atoms with van der Waals surface area (Å²) in [5.41, 5.74) is 0.954. The van der Waals surface area contributed by atoms with Gasteiger partial charge in [-0.05, 0) is 18.2 Å². The Bertz CT molecular complexity index is 787. The molecule has 1 N–H and O–H groups in total. The lowest BCUT2D eigenvalue weighted by molar-refractivity contribution is -0.116. The zero-order valence-corrected chi connectivity index (χ0v) is 12.9. The van der Waals surface area contributed by atoms with Gasteiger partial charge in [-0.3, -0.25) is 4.79 Å². The molecule has 0 saturated carbocycles. The van der Waals surface area contributed by atoms with Crippen molar-refractivity contribution in [1.29, 1.82) is 0 Å². The Morgan fingerprint density at radius 1 is 1.41 bits per heavy atom. The molecular weight excluding hydrogens is 298 g/mol. The number of fused-ring (bicyclic) bond motifs is 1. The van der Waals surface area contributed by atoms with Gasteiger partial charge in [-0.2, -0.15) is 0 Å². The number of amides is 1. The molecule has 2 heterocycles. The zero-order valence-electron chi connectivity index (χ0n) is 12.1. The van der Waals surface area contributed by atoms with Crippen LogP contribution in [0, 0.1) is 0 Å². The fraction of sp³-hybridized carbons (Fsp3) is 0.200. The molecule has 3 aromatic rings. The van der Waals surface area contributed by atoms with Crippen LogP contribution in [-0.4, -0.2) is 32.2 Å². The quantitative estimate of drug-likeness (QED) is 0.729. The van der Waals surface area contributed by atoms with Crippen LogP contribution < -0.4 is 5.32 Å². The van der Waals surface area contributed by atoms with Crippen LogP contribution in [0.25, 0.3) is 16.3 Å². The third-order valence-corrected chi connectivity index (χ3v) is 4.14. The molecule has 0 aliphatic carbocycles. The monoisotopic (exact) mass is 313 g/mol. The minimum atomic E-state index is -0.138. The molecule has 0 aliphatic rings. The lowest BCUT2D eigenvalue weighted by Gasteiger charge is -2.01. The van der Waals surface area contributed by atoms with Crippen molar-refractivity contribution >= 4 is 33.5 Å². The predicted molar refractivity (Wildman–Crippen MR) is 86.4 cm³/mol. The lowest BCUT2D eigenvalue weighted by atomic mass is 10.3. The Kier molecular flexibility index (Phi) is 4.24. The van der Waals surface area contributed by atoms with Crippen LogP contribution in [0.3, 0.4) is 0 Å². The van der Waals surface area contributed by atoms with Crippen molar-refractivity contribution in [3.63, 3.8) is 0 Å². The summed E-state index contributed by atoms with van der Waals surface area (Å²) in [6.45, 7) is 0.523. The highest BCUT2D eigenvalue weighted by Gasteiger charge is 2.03. The molecule has 0 saturated heterocycles. The first-order chi connectivity index (χ1) is 10.7. The number of benzene rings is 1. The number of carbonyl (C=O) groups is 1. The lowest BCUT2D eigenvalue weighted by Crippen LogP contribution is -2.24. The first-order valence-electron chi connectivity index (χ1n) is 6.87. The van der Waals surface area contributed by atoms with Gasteiger partial charge in [-0.15, -0.1) is 21.5 Å². The number of nitrogens with one attached hydrogen (secondary N) is 1. The highest BCUT2D eigenvalue weighted by molar-refractivity contribution is 7.19. The summed E-state index contributed by atoms with van der Waals surface area (Å²) in [5.74, 6) is 0.705. The van der Waals surface area contributed by atoms with Crippen molar-refractivity contribution in [2.45, 2.75) is 6.42 Å². The standard InChI is InChI=1S/C15H15N5OS/c1-20-10-17-19-13(20)8-9-16-14(21)6-7-15-18-11-4-2-3-5-12(11)22-15/h2-7,10H,8-9H2,1H3,(H,16,21)/b7-6-. The Hall–Kier alpha value is -2.54. The number of para-hydroxylation sites is 1. The third kappa shape index (κ3) is 3.37. The average molecular weight is 313 g/mol. The maximum absolute atomic E-state index is 11.8. The third-order valence-electron chi connectivity index (χ3n) is 3.14. The largest absolute Gasteiger partial charge is 0.352 e. The Morgan fingerprint density at radius 3 is 3.05 bits per heavy atom. The van der Waals surface area contributed by atoms with Crippen molar-refractivity contribution in [3.8, 4) is 0 Å². The van der Waals surface area contributed by atoms with Crippen molar-refractivity contribution in [3.05, 3.63) is 47.5 Å². The highest BCUT2D eigenvalue weighted by Crippen LogP contribution is 2.22. The van der Waals surface area contributed by atoms with Gasteiger partial charge in [0.1, 0.15) is 17.2 Å². The van der Waals surface area contributed by atoms with Crippen LogP contribution in [0.4, 0.5) is 0 Å². The molecule has 0 radical (unpaired) electrons. The fourth-order valence-corrected chi connectivity index (χ4v) is 2.87. The number of carbonyl (C=O) groups excluding carboxylic acids is 1. The molecule has 1 amide bonds. The van der Waals surface area contributed by atoms with Crippen LogP contribution in [0.5, 0.6) is 0 Å². The van der Waals surface area contributed by atoms with Crippen LogP contribution >= 0.6 is 11.3 Å². The average Bonchev–Trinajstić information content (AvgIpc) is 3.11. The van der Waals surface area contributed by atoms with E-state index in [1.165, 1.54) is 6.08 Å². The maximum atomic E-state index is 11.8. The zero-order chi connectivity index (χ0) is 15.4. The van der Waals surface area contributed by atoms with E-state index in [0.29, 0.717) is 13.0 Å². The number of aromatic nitrogens is 4. The Labute approximate surface area is 131 Å². The van der Waals surface area contributed by atoms with Gasteiger partial charge in [-0.25, -0.2) is 4.98 Å². The second-order valence-corrected chi connectivity index (χ2v) is 5.81. The van der Waals surface area contributed by atoms with E-state index >= 15 is 0 Å². The van der Waals surface area contributed by atoms with E-state index in [1.54, 1.807) is 23.7 Å². The summed E-state index contributed by atoms with van der Waals surface area (Å²) < 4.78 is 2.95. The Balaban J connectivity index is 1.53. The minimum Gasteiger partial charge on any atom is -0.352 e. The summed E-state index contributed by atoms with van der Waals surface area (Å²) in [7, 11) is 1.88. The van der Waals surface area contributed by atoms with E-state index in [0.717, 1.165) is 21.0 Å². The van der Waals surface area contributed by atoms with Gasteiger partial charge in [0, 0.05) is 26.1 Å². The number of nitrogens with zero attached hydrogens (tertiary/aromatic N) is 4. The fourth-order valence-electron chi connectivity index (χ4n) is 2.00. The smallest absolute Gasteiger partial charge is 0.244 e. The first kappa shape index (κ1) is 14.4. The highest BCUT2D eigenvalue weighted by atomic mass is 32.1. The van der Waals surface area contributed by atoms with Crippen LogP contribution in [-0.2, 0) is 18.3 Å². The molecule has 22 heavy (non-hydrogen) atoms. The van der Waals surface area contributed by atoms with Gasteiger partial charge in [0.2, 0.25) is 5.91 Å². The SMILES string of the molecule is Cn1cnnc1CCNC(=O)/C=C\c1nc2ccccc2s1. The van der Waals surface area contributed by atoms with Crippen molar-refractivity contribution in [1.82, 2.24) is 25.1 Å². The van der Waals surface area contributed by atoms with Crippen molar-refractivity contribution in [2.75, 3.05) is 6.54 Å². The number of aryl methyl sites for hydroxylation is 1.